The first-order valence-corrected chi connectivity index (χ1v) is 14.9. The van der Waals surface area contributed by atoms with Crippen LogP contribution in [0.2, 0.25) is 0 Å². The normalized spacial score (nSPS) is 14.7. The third-order valence-corrected chi connectivity index (χ3v) is 10.00. The quantitative estimate of drug-likeness (QED) is 0.388. The standard InChI is InChI=1S/C25H26N2O7S3/c1-2-33-25(30)22-19(17-7-4-3-5-8-17)16-36-23(22)26-20(28)15-34-24(29)18-10-12-27(13-11-18)37(31,32)21-9-6-14-35-21/h3-9,14,16,18H,2,10-13,15H2,1H3,(H,26,28). The lowest BCUT2D eigenvalue weighted by Crippen LogP contribution is -2.40. The highest BCUT2D eigenvalue weighted by atomic mass is 32.2. The maximum Gasteiger partial charge on any atom is 0.341 e. The minimum Gasteiger partial charge on any atom is -0.462 e. The van der Waals surface area contributed by atoms with Gasteiger partial charge in [0.2, 0.25) is 0 Å². The topological polar surface area (TPSA) is 119 Å². The Morgan fingerprint density at radius 2 is 1.76 bits per heavy atom. The summed E-state index contributed by atoms with van der Waals surface area (Å²) in [4.78, 5) is 37.8. The molecule has 0 radical (unpaired) electrons. The van der Waals surface area contributed by atoms with Crippen LogP contribution in [0.3, 0.4) is 0 Å². The van der Waals surface area contributed by atoms with Crippen LogP contribution in [-0.4, -0.2) is 56.9 Å². The lowest BCUT2D eigenvalue weighted by atomic mass is 9.98. The second-order valence-corrected chi connectivity index (χ2v) is 12.2. The Morgan fingerprint density at radius 3 is 2.41 bits per heavy atom. The van der Waals surface area contributed by atoms with Crippen LogP contribution in [0.4, 0.5) is 5.00 Å². The number of amides is 1. The highest BCUT2D eigenvalue weighted by molar-refractivity contribution is 7.91. The Morgan fingerprint density at radius 1 is 1.03 bits per heavy atom. The van der Waals surface area contributed by atoms with Crippen molar-refractivity contribution in [2.24, 2.45) is 5.92 Å². The first kappa shape index (κ1) is 27.0. The first-order chi connectivity index (χ1) is 17.8. The van der Waals surface area contributed by atoms with Crippen LogP contribution in [0.25, 0.3) is 11.1 Å². The summed E-state index contributed by atoms with van der Waals surface area (Å²) in [7, 11) is -3.56. The molecular formula is C25H26N2O7S3. The molecule has 0 aliphatic carbocycles. The van der Waals surface area contributed by atoms with Crippen LogP contribution in [-0.2, 0) is 29.1 Å². The molecular weight excluding hydrogens is 536 g/mol. The number of anilines is 1. The maximum atomic E-state index is 12.7. The molecule has 0 atom stereocenters. The molecule has 37 heavy (non-hydrogen) atoms. The van der Waals surface area contributed by atoms with Crippen molar-refractivity contribution >= 4 is 55.5 Å². The summed E-state index contributed by atoms with van der Waals surface area (Å²) in [6.07, 6.45) is 0.618. The van der Waals surface area contributed by atoms with Crippen LogP contribution >= 0.6 is 22.7 Å². The molecule has 1 aliphatic heterocycles. The fourth-order valence-corrected chi connectivity index (χ4v) is 7.56. The maximum absolute atomic E-state index is 12.7. The molecule has 3 aromatic rings. The van der Waals surface area contributed by atoms with Gasteiger partial charge in [-0.25, -0.2) is 13.2 Å². The molecule has 0 spiro atoms. The van der Waals surface area contributed by atoms with E-state index in [1.54, 1.807) is 29.8 Å². The summed E-state index contributed by atoms with van der Waals surface area (Å²) in [6, 6.07) is 12.5. The second kappa shape index (κ2) is 12.0. The number of nitrogens with zero attached hydrogens (tertiary/aromatic N) is 1. The highest BCUT2D eigenvalue weighted by Crippen LogP contribution is 2.36. The Kier molecular flexibility index (Phi) is 8.75. The highest BCUT2D eigenvalue weighted by Gasteiger charge is 2.33. The van der Waals surface area contributed by atoms with Crippen molar-refractivity contribution in [2.75, 3.05) is 31.6 Å². The van der Waals surface area contributed by atoms with Gasteiger partial charge in [-0.15, -0.1) is 22.7 Å². The van der Waals surface area contributed by atoms with Crippen molar-refractivity contribution in [2.45, 2.75) is 24.0 Å². The molecule has 1 saturated heterocycles. The average molecular weight is 563 g/mol. The fraction of sp³-hybridized carbons (Fsp3) is 0.320. The van der Waals surface area contributed by atoms with E-state index in [1.165, 1.54) is 15.6 Å². The minimum absolute atomic E-state index is 0.182. The number of carbonyl (C=O) groups is 3. The molecule has 0 unspecified atom stereocenters. The summed E-state index contributed by atoms with van der Waals surface area (Å²) in [5.41, 5.74) is 1.69. The number of sulfonamides is 1. The van der Waals surface area contributed by atoms with E-state index in [1.807, 2.05) is 30.3 Å². The SMILES string of the molecule is CCOC(=O)c1c(-c2ccccc2)csc1NC(=O)COC(=O)C1CCN(S(=O)(=O)c2cccs2)CC1. The smallest absolute Gasteiger partial charge is 0.341 e. The van der Waals surface area contributed by atoms with E-state index in [9.17, 15) is 22.8 Å². The van der Waals surface area contributed by atoms with E-state index in [0.29, 0.717) is 23.4 Å². The van der Waals surface area contributed by atoms with Crippen molar-refractivity contribution in [3.05, 3.63) is 58.8 Å². The predicted octanol–water partition coefficient (Wildman–Crippen LogP) is 4.24. The fourth-order valence-electron chi connectivity index (χ4n) is 3.97. The van der Waals surface area contributed by atoms with Crippen LogP contribution in [0.5, 0.6) is 0 Å². The molecule has 1 aliphatic rings. The number of carbonyl (C=O) groups excluding carboxylic acids is 3. The number of ether oxygens (including phenoxy) is 2. The first-order valence-electron chi connectivity index (χ1n) is 11.7. The molecule has 196 valence electrons. The van der Waals surface area contributed by atoms with E-state index in [2.05, 4.69) is 5.32 Å². The molecule has 1 N–H and O–H groups in total. The molecule has 0 saturated carbocycles. The zero-order chi connectivity index (χ0) is 26.4. The monoisotopic (exact) mass is 562 g/mol. The third-order valence-electron chi connectivity index (χ3n) is 5.83. The lowest BCUT2D eigenvalue weighted by Gasteiger charge is -2.29. The van der Waals surface area contributed by atoms with Gasteiger partial charge < -0.3 is 14.8 Å². The second-order valence-electron chi connectivity index (χ2n) is 8.21. The molecule has 4 rings (SSSR count). The number of nitrogens with one attached hydrogen (secondary N) is 1. The van der Waals surface area contributed by atoms with E-state index in [0.717, 1.165) is 16.9 Å². The number of thiophene rings is 2. The number of hydrogen-bond donors (Lipinski definition) is 1. The van der Waals surface area contributed by atoms with Crippen molar-refractivity contribution < 1.29 is 32.3 Å². The molecule has 1 fully saturated rings. The van der Waals surface area contributed by atoms with Gasteiger partial charge in [0.25, 0.3) is 15.9 Å². The lowest BCUT2D eigenvalue weighted by molar-refractivity contribution is -0.152. The van der Waals surface area contributed by atoms with Gasteiger partial charge in [0, 0.05) is 24.0 Å². The van der Waals surface area contributed by atoms with Crippen molar-refractivity contribution in [1.82, 2.24) is 4.31 Å². The molecule has 2 aromatic heterocycles. The number of hydrogen-bond acceptors (Lipinski definition) is 9. The molecule has 3 heterocycles. The Balaban J connectivity index is 1.33. The van der Waals surface area contributed by atoms with Gasteiger partial charge in [0.05, 0.1) is 12.5 Å². The summed E-state index contributed by atoms with van der Waals surface area (Å²) >= 11 is 2.34. The van der Waals surface area contributed by atoms with Crippen LogP contribution in [0.1, 0.15) is 30.1 Å². The number of benzene rings is 1. The Bertz CT molecular complexity index is 1340. The zero-order valence-electron chi connectivity index (χ0n) is 20.0. The molecule has 0 bridgehead atoms. The predicted molar refractivity (Wildman–Crippen MR) is 141 cm³/mol. The van der Waals surface area contributed by atoms with Crippen molar-refractivity contribution in [1.29, 1.82) is 0 Å². The average Bonchev–Trinajstić information content (AvgIpc) is 3.59. The van der Waals surface area contributed by atoms with Crippen LogP contribution < -0.4 is 5.32 Å². The van der Waals surface area contributed by atoms with Crippen LogP contribution in [0, 0.1) is 5.92 Å². The number of rotatable bonds is 9. The van der Waals surface area contributed by atoms with Crippen molar-refractivity contribution in [3.8, 4) is 11.1 Å². The van der Waals surface area contributed by atoms with E-state index in [4.69, 9.17) is 9.47 Å². The summed E-state index contributed by atoms with van der Waals surface area (Å²) in [5.74, 6) is -2.19. The van der Waals surface area contributed by atoms with Gasteiger partial charge in [-0.1, -0.05) is 36.4 Å². The van der Waals surface area contributed by atoms with Gasteiger partial charge in [0.15, 0.2) is 6.61 Å². The summed E-state index contributed by atoms with van der Waals surface area (Å²) in [6.45, 7) is 1.76. The Hall–Kier alpha value is -3.06. The Labute approximate surface area is 223 Å². The molecule has 9 nitrogen and oxygen atoms in total. The molecule has 1 amide bonds. The number of piperidine rings is 1. The van der Waals surface area contributed by atoms with Crippen LogP contribution in [0.15, 0.2) is 57.4 Å². The van der Waals surface area contributed by atoms with E-state index < -0.39 is 40.4 Å². The van der Waals surface area contributed by atoms with Gasteiger partial charge in [-0.05, 0) is 36.8 Å². The van der Waals surface area contributed by atoms with Gasteiger partial charge in [0.1, 0.15) is 14.8 Å². The minimum atomic E-state index is -3.56. The van der Waals surface area contributed by atoms with E-state index in [-0.39, 0.29) is 29.5 Å². The zero-order valence-corrected chi connectivity index (χ0v) is 22.5. The van der Waals surface area contributed by atoms with E-state index >= 15 is 0 Å². The van der Waals surface area contributed by atoms with Gasteiger partial charge in [-0.3, -0.25) is 9.59 Å². The van der Waals surface area contributed by atoms with Gasteiger partial charge >= 0.3 is 11.9 Å². The molecule has 1 aromatic carbocycles. The summed E-state index contributed by atoms with van der Waals surface area (Å²) in [5, 5.41) is 6.44. The third kappa shape index (κ3) is 6.27. The van der Waals surface area contributed by atoms with Crippen molar-refractivity contribution in [3.63, 3.8) is 0 Å². The number of esters is 2. The molecule has 12 heteroatoms. The summed E-state index contributed by atoms with van der Waals surface area (Å²) < 4.78 is 37.4. The van der Waals surface area contributed by atoms with Gasteiger partial charge in [-0.2, -0.15) is 4.31 Å². The largest absolute Gasteiger partial charge is 0.462 e.